The maximum atomic E-state index is 13.1. The molecule has 1 aromatic heterocycles. The normalized spacial score (nSPS) is 14.3. The molecular weight excluding hydrogens is 460 g/mol. The molecule has 34 heavy (non-hydrogen) atoms. The Morgan fingerprint density at radius 1 is 1.24 bits per heavy atom. The number of aromatic nitrogens is 1. The minimum atomic E-state index is -0.570. The van der Waals surface area contributed by atoms with Gasteiger partial charge in [0.15, 0.2) is 16.3 Å². The van der Waals surface area contributed by atoms with Crippen LogP contribution in [0.2, 0.25) is 0 Å². The Morgan fingerprint density at radius 2 is 1.94 bits per heavy atom. The Balaban J connectivity index is 1.78. The third kappa shape index (κ3) is 4.52. The molecule has 11 heteroatoms. The number of thiazole rings is 1. The molecule has 178 valence electrons. The predicted octanol–water partition coefficient (Wildman–Crippen LogP) is 3.39. The number of rotatable bonds is 7. The summed E-state index contributed by atoms with van der Waals surface area (Å²) in [5, 5.41) is 11.7. The number of carbonyl (C=O) groups excluding carboxylic acids is 1. The summed E-state index contributed by atoms with van der Waals surface area (Å²) >= 11 is 1.31. The molecule has 1 fully saturated rings. The van der Waals surface area contributed by atoms with E-state index in [0.717, 1.165) is 10.2 Å². The van der Waals surface area contributed by atoms with Crippen molar-refractivity contribution in [1.82, 2.24) is 4.57 Å². The number of nitro groups is 1. The molecule has 0 radical (unpaired) electrons. The molecular formula is C23H24N4O6S. The molecule has 1 amide bonds. The van der Waals surface area contributed by atoms with Crippen LogP contribution in [0, 0.1) is 10.1 Å². The first kappa shape index (κ1) is 23.5. The minimum absolute atomic E-state index is 0.132. The lowest BCUT2D eigenvalue weighted by Gasteiger charge is -2.28. The van der Waals surface area contributed by atoms with Crippen molar-refractivity contribution in [1.29, 1.82) is 0 Å². The van der Waals surface area contributed by atoms with E-state index in [9.17, 15) is 14.9 Å². The molecule has 0 aliphatic carbocycles. The Morgan fingerprint density at radius 3 is 2.59 bits per heavy atom. The predicted molar refractivity (Wildman–Crippen MR) is 129 cm³/mol. The van der Waals surface area contributed by atoms with Gasteiger partial charge in [0, 0.05) is 43.4 Å². The number of amides is 1. The van der Waals surface area contributed by atoms with Crippen LogP contribution in [0.1, 0.15) is 10.4 Å². The SMILES string of the molecule is C=CCn1c(=NC(=O)c2ccc(N3CCOCC3)c([N+](=O)[O-])c2)sc2cc(OC)c(OC)cc21. The van der Waals surface area contributed by atoms with Crippen molar-refractivity contribution in [3.05, 3.63) is 63.5 Å². The second kappa shape index (κ2) is 10.1. The Hall–Kier alpha value is -3.70. The first-order valence-electron chi connectivity index (χ1n) is 10.5. The lowest BCUT2D eigenvalue weighted by molar-refractivity contribution is -0.384. The van der Waals surface area contributed by atoms with Crippen LogP contribution in [0.15, 0.2) is 48.0 Å². The van der Waals surface area contributed by atoms with E-state index in [2.05, 4.69) is 11.6 Å². The standard InChI is InChI=1S/C23H24N4O6S/c1-4-7-26-18-13-19(31-2)20(32-3)14-21(18)34-23(26)24-22(28)15-5-6-16(17(12-15)27(29)30)25-8-10-33-11-9-25/h4-6,12-14H,1,7-11H2,2-3H3. The van der Waals surface area contributed by atoms with E-state index < -0.39 is 10.8 Å². The van der Waals surface area contributed by atoms with Crippen LogP contribution in [0.4, 0.5) is 11.4 Å². The third-order valence-electron chi connectivity index (χ3n) is 5.47. The van der Waals surface area contributed by atoms with Crippen molar-refractivity contribution in [2.24, 2.45) is 4.99 Å². The summed E-state index contributed by atoms with van der Waals surface area (Å²) in [7, 11) is 3.10. The number of fused-ring (bicyclic) bond motifs is 1. The Kier molecular flexibility index (Phi) is 6.94. The van der Waals surface area contributed by atoms with Crippen LogP contribution in [0.5, 0.6) is 11.5 Å². The van der Waals surface area contributed by atoms with Crippen LogP contribution in [-0.4, -0.2) is 55.9 Å². The number of nitro benzene ring substituents is 1. The summed E-state index contributed by atoms with van der Waals surface area (Å²) in [5.74, 6) is 0.548. The smallest absolute Gasteiger partial charge is 0.293 e. The Labute approximate surface area is 199 Å². The highest BCUT2D eigenvalue weighted by molar-refractivity contribution is 7.16. The highest BCUT2D eigenvalue weighted by Gasteiger charge is 2.23. The highest BCUT2D eigenvalue weighted by Crippen LogP contribution is 2.34. The first-order chi connectivity index (χ1) is 16.5. The first-order valence-corrected chi connectivity index (χ1v) is 11.3. The van der Waals surface area contributed by atoms with Crippen molar-refractivity contribution < 1.29 is 23.9 Å². The van der Waals surface area contributed by atoms with Crippen LogP contribution in [0.3, 0.4) is 0 Å². The topological polar surface area (TPSA) is 108 Å². The second-order valence-electron chi connectivity index (χ2n) is 7.44. The van der Waals surface area contributed by atoms with E-state index >= 15 is 0 Å². The number of morpholine rings is 1. The zero-order chi connectivity index (χ0) is 24.2. The van der Waals surface area contributed by atoms with Crippen molar-refractivity contribution in [3.8, 4) is 11.5 Å². The van der Waals surface area contributed by atoms with E-state index in [4.69, 9.17) is 14.2 Å². The van der Waals surface area contributed by atoms with E-state index in [0.29, 0.717) is 54.8 Å². The summed E-state index contributed by atoms with van der Waals surface area (Å²) in [6.45, 7) is 6.31. The van der Waals surface area contributed by atoms with Crippen molar-refractivity contribution in [3.63, 3.8) is 0 Å². The maximum Gasteiger partial charge on any atom is 0.293 e. The average molecular weight is 485 g/mol. The number of carbonyl (C=O) groups is 1. The van der Waals surface area contributed by atoms with Gasteiger partial charge in [0.2, 0.25) is 0 Å². The number of methoxy groups -OCH3 is 2. The zero-order valence-corrected chi connectivity index (χ0v) is 19.7. The van der Waals surface area contributed by atoms with Crippen molar-refractivity contribution in [2.45, 2.75) is 6.54 Å². The monoisotopic (exact) mass is 484 g/mol. The van der Waals surface area contributed by atoms with E-state index in [-0.39, 0.29) is 11.3 Å². The molecule has 2 heterocycles. The average Bonchev–Trinajstić information content (AvgIpc) is 3.19. The number of anilines is 1. The van der Waals surface area contributed by atoms with E-state index in [1.54, 1.807) is 32.4 Å². The number of hydrogen-bond acceptors (Lipinski definition) is 8. The van der Waals surface area contributed by atoms with Gasteiger partial charge in [-0.3, -0.25) is 14.9 Å². The molecule has 2 aromatic carbocycles. The molecule has 0 bridgehead atoms. The van der Waals surface area contributed by atoms with Crippen LogP contribution >= 0.6 is 11.3 Å². The van der Waals surface area contributed by atoms with Crippen molar-refractivity contribution >= 4 is 38.8 Å². The largest absolute Gasteiger partial charge is 0.493 e. The molecule has 4 rings (SSSR count). The molecule has 10 nitrogen and oxygen atoms in total. The lowest BCUT2D eigenvalue weighted by atomic mass is 10.1. The summed E-state index contributed by atoms with van der Waals surface area (Å²) in [6, 6.07) is 8.10. The van der Waals surface area contributed by atoms with Gasteiger partial charge < -0.3 is 23.7 Å². The molecule has 1 aliphatic heterocycles. The number of benzene rings is 2. The number of nitrogens with zero attached hydrogens (tertiary/aromatic N) is 4. The number of allylic oxidation sites excluding steroid dienone is 1. The fourth-order valence-corrected chi connectivity index (χ4v) is 4.86. The lowest BCUT2D eigenvalue weighted by Crippen LogP contribution is -2.36. The van der Waals surface area contributed by atoms with E-state index in [1.807, 2.05) is 21.6 Å². The molecule has 0 N–H and O–H groups in total. The number of hydrogen-bond donors (Lipinski definition) is 0. The van der Waals surface area contributed by atoms with Crippen LogP contribution < -0.4 is 19.2 Å². The molecule has 1 saturated heterocycles. The van der Waals surface area contributed by atoms with Crippen LogP contribution in [-0.2, 0) is 11.3 Å². The Bertz CT molecular complexity index is 1320. The van der Waals surface area contributed by atoms with Gasteiger partial charge in [-0.05, 0) is 12.1 Å². The van der Waals surface area contributed by atoms with Gasteiger partial charge in [0.1, 0.15) is 5.69 Å². The van der Waals surface area contributed by atoms with Gasteiger partial charge in [-0.25, -0.2) is 0 Å². The van der Waals surface area contributed by atoms with Gasteiger partial charge >= 0.3 is 0 Å². The molecule has 0 spiro atoms. The van der Waals surface area contributed by atoms with Crippen LogP contribution in [0.25, 0.3) is 10.2 Å². The van der Waals surface area contributed by atoms with Gasteiger partial charge in [0.05, 0.1) is 42.6 Å². The summed E-state index contributed by atoms with van der Waals surface area (Å²) in [5.41, 5.74) is 1.28. The van der Waals surface area contributed by atoms with Gasteiger partial charge in [0.25, 0.3) is 11.6 Å². The molecule has 1 aliphatic rings. The summed E-state index contributed by atoms with van der Waals surface area (Å²) in [4.78, 5) is 30.9. The van der Waals surface area contributed by atoms with Gasteiger partial charge in [-0.2, -0.15) is 4.99 Å². The second-order valence-corrected chi connectivity index (χ2v) is 8.44. The van der Waals surface area contributed by atoms with Gasteiger partial charge in [-0.1, -0.05) is 17.4 Å². The molecule has 0 unspecified atom stereocenters. The zero-order valence-electron chi connectivity index (χ0n) is 18.9. The molecule has 0 atom stereocenters. The van der Waals surface area contributed by atoms with Crippen molar-refractivity contribution in [2.75, 3.05) is 45.4 Å². The highest BCUT2D eigenvalue weighted by atomic mass is 32.1. The molecule has 0 saturated carbocycles. The number of ether oxygens (including phenoxy) is 3. The minimum Gasteiger partial charge on any atom is -0.493 e. The van der Waals surface area contributed by atoms with Gasteiger partial charge in [-0.15, -0.1) is 6.58 Å². The molecule has 3 aromatic rings. The fourth-order valence-electron chi connectivity index (χ4n) is 3.81. The quantitative estimate of drug-likeness (QED) is 0.287. The fraction of sp³-hybridized carbons (Fsp3) is 0.304. The maximum absolute atomic E-state index is 13.1. The summed E-state index contributed by atoms with van der Waals surface area (Å²) in [6.07, 6.45) is 1.70. The third-order valence-corrected chi connectivity index (χ3v) is 6.51. The summed E-state index contributed by atoms with van der Waals surface area (Å²) < 4.78 is 18.8. The van der Waals surface area contributed by atoms with E-state index in [1.165, 1.54) is 17.4 Å².